The van der Waals surface area contributed by atoms with Crippen LogP contribution in [0.15, 0.2) is 36.4 Å². The molecule has 3 rings (SSSR count). The Labute approximate surface area is 133 Å². The number of carboxylic acids is 1. The number of H-pyrrole nitrogens is 1. The van der Waals surface area contributed by atoms with Crippen molar-refractivity contribution in [1.82, 2.24) is 10.2 Å². The van der Waals surface area contributed by atoms with Gasteiger partial charge in [0.15, 0.2) is 5.69 Å². The molecule has 0 saturated heterocycles. The van der Waals surface area contributed by atoms with Gasteiger partial charge in [-0.05, 0) is 54.3 Å². The van der Waals surface area contributed by atoms with Crippen LogP contribution in [0.4, 0.5) is 0 Å². The first-order chi connectivity index (χ1) is 11.1. The Kier molecular flexibility index (Phi) is 4.02. The standard InChI is InChI=1S/C18H18N2O3/c1-3-11-9-13(23-4-2)6-8-14(11)12-5-7-15-16(10-12)19-20-17(15)18(21)22/h5-10H,3-4H2,1-2H3,(H,19,20)(H,21,22). The number of fused-ring (bicyclic) bond motifs is 1. The van der Waals surface area contributed by atoms with Gasteiger partial charge in [0.1, 0.15) is 5.75 Å². The molecule has 0 fully saturated rings. The first kappa shape index (κ1) is 15.1. The lowest BCUT2D eigenvalue weighted by atomic mass is 9.97. The number of aromatic carboxylic acids is 1. The summed E-state index contributed by atoms with van der Waals surface area (Å²) in [6, 6.07) is 11.7. The lowest BCUT2D eigenvalue weighted by Crippen LogP contribution is -1.96. The molecule has 0 amide bonds. The molecule has 5 heteroatoms. The summed E-state index contributed by atoms with van der Waals surface area (Å²) in [6.45, 7) is 4.71. The zero-order chi connectivity index (χ0) is 16.4. The van der Waals surface area contributed by atoms with Gasteiger partial charge in [0.05, 0.1) is 12.1 Å². The molecule has 0 aliphatic heterocycles. The summed E-state index contributed by atoms with van der Waals surface area (Å²) in [5.41, 5.74) is 4.10. The maximum absolute atomic E-state index is 11.1. The summed E-state index contributed by atoms with van der Waals surface area (Å²) >= 11 is 0. The highest BCUT2D eigenvalue weighted by atomic mass is 16.5. The fraction of sp³-hybridized carbons (Fsp3) is 0.222. The number of carbonyl (C=O) groups is 1. The normalized spacial score (nSPS) is 10.9. The molecule has 0 radical (unpaired) electrons. The van der Waals surface area contributed by atoms with E-state index in [1.807, 2.05) is 31.2 Å². The van der Waals surface area contributed by atoms with Crippen LogP contribution in [0.3, 0.4) is 0 Å². The van der Waals surface area contributed by atoms with Gasteiger partial charge in [-0.3, -0.25) is 5.10 Å². The summed E-state index contributed by atoms with van der Waals surface area (Å²) in [7, 11) is 0. The van der Waals surface area contributed by atoms with Crippen molar-refractivity contribution in [3.63, 3.8) is 0 Å². The van der Waals surface area contributed by atoms with E-state index in [0.29, 0.717) is 12.0 Å². The number of rotatable bonds is 5. The van der Waals surface area contributed by atoms with E-state index >= 15 is 0 Å². The van der Waals surface area contributed by atoms with Gasteiger partial charge >= 0.3 is 5.97 Å². The van der Waals surface area contributed by atoms with Crippen molar-refractivity contribution in [2.75, 3.05) is 6.61 Å². The highest BCUT2D eigenvalue weighted by Crippen LogP contribution is 2.30. The van der Waals surface area contributed by atoms with Crippen molar-refractivity contribution in [2.24, 2.45) is 0 Å². The molecule has 5 nitrogen and oxygen atoms in total. The molecule has 1 aromatic heterocycles. The molecule has 0 saturated carbocycles. The third-order valence-electron chi connectivity index (χ3n) is 3.85. The Morgan fingerprint density at radius 3 is 2.74 bits per heavy atom. The van der Waals surface area contributed by atoms with Gasteiger partial charge in [-0.2, -0.15) is 5.10 Å². The van der Waals surface area contributed by atoms with Crippen LogP contribution in [0.5, 0.6) is 5.75 Å². The molecule has 0 aliphatic rings. The zero-order valence-corrected chi connectivity index (χ0v) is 13.1. The summed E-state index contributed by atoms with van der Waals surface area (Å²) in [5.74, 6) is -0.164. The molecule has 0 bridgehead atoms. The first-order valence-corrected chi connectivity index (χ1v) is 7.61. The van der Waals surface area contributed by atoms with E-state index in [2.05, 4.69) is 23.2 Å². The van der Waals surface area contributed by atoms with Crippen molar-refractivity contribution >= 4 is 16.9 Å². The second kappa shape index (κ2) is 6.12. The minimum absolute atomic E-state index is 0.0500. The van der Waals surface area contributed by atoms with Gasteiger partial charge in [-0.25, -0.2) is 4.79 Å². The molecule has 118 valence electrons. The summed E-state index contributed by atoms with van der Waals surface area (Å²) in [5, 5.41) is 16.4. The van der Waals surface area contributed by atoms with Gasteiger partial charge in [-0.1, -0.05) is 19.1 Å². The minimum Gasteiger partial charge on any atom is -0.494 e. The monoisotopic (exact) mass is 310 g/mol. The Hall–Kier alpha value is -2.82. The molecule has 0 unspecified atom stereocenters. The molecule has 23 heavy (non-hydrogen) atoms. The molecular formula is C18H18N2O3. The predicted molar refractivity (Wildman–Crippen MR) is 89.0 cm³/mol. The third-order valence-corrected chi connectivity index (χ3v) is 3.85. The van der Waals surface area contributed by atoms with Crippen LogP contribution >= 0.6 is 0 Å². The summed E-state index contributed by atoms with van der Waals surface area (Å²) in [6.07, 6.45) is 0.887. The Balaban J connectivity index is 2.07. The average molecular weight is 310 g/mol. The molecule has 3 aromatic rings. The number of nitrogens with zero attached hydrogens (tertiary/aromatic N) is 1. The number of benzene rings is 2. The quantitative estimate of drug-likeness (QED) is 0.749. The van der Waals surface area contributed by atoms with Crippen molar-refractivity contribution in [3.8, 4) is 16.9 Å². The molecule has 2 N–H and O–H groups in total. The summed E-state index contributed by atoms with van der Waals surface area (Å²) < 4.78 is 5.56. The number of hydrogen-bond acceptors (Lipinski definition) is 3. The van der Waals surface area contributed by atoms with Gasteiger partial charge in [-0.15, -0.1) is 0 Å². The maximum atomic E-state index is 11.1. The fourth-order valence-electron chi connectivity index (χ4n) is 2.75. The number of carboxylic acid groups (broad SMARTS) is 1. The highest BCUT2D eigenvalue weighted by molar-refractivity contribution is 6.01. The van der Waals surface area contributed by atoms with Crippen molar-refractivity contribution in [3.05, 3.63) is 47.7 Å². The number of aromatic amines is 1. The predicted octanol–water partition coefficient (Wildman–Crippen LogP) is 3.89. The number of ether oxygens (including phenoxy) is 1. The van der Waals surface area contributed by atoms with E-state index in [1.54, 1.807) is 6.07 Å². The first-order valence-electron chi connectivity index (χ1n) is 7.61. The Morgan fingerprint density at radius 2 is 2.04 bits per heavy atom. The highest BCUT2D eigenvalue weighted by Gasteiger charge is 2.14. The van der Waals surface area contributed by atoms with E-state index in [4.69, 9.17) is 9.84 Å². The number of aromatic nitrogens is 2. The largest absolute Gasteiger partial charge is 0.494 e. The SMILES string of the molecule is CCOc1ccc(-c2ccc3c(C(=O)O)n[nH]c3c2)c(CC)c1. The Bertz CT molecular complexity index is 868. The van der Waals surface area contributed by atoms with Crippen LogP contribution in [-0.2, 0) is 6.42 Å². The summed E-state index contributed by atoms with van der Waals surface area (Å²) in [4.78, 5) is 11.1. The van der Waals surface area contributed by atoms with Crippen molar-refractivity contribution in [2.45, 2.75) is 20.3 Å². The van der Waals surface area contributed by atoms with Crippen LogP contribution in [0.1, 0.15) is 29.9 Å². The molecule has 1 heterocycles. The second-order valence-corrected chi connectivity index (χ2v) is 5.24. The van der Waals surface area contributed by atoms with Crippen LogP contribution in [-0.4, -0.2) is 27.9 Å². The average Bonchev–Trinajstić information content (AvgIpc) is 2.98. The molecule has 0 spiro atoms. The second-order valence-electron chi connectivity index (χ2n) is 5.24. The Morgan fingerprint density at radius 1 is 1.22 bits per heavy atom. The van der Waals surface area contributed by atoms with E-state index < -0.39 is 5.97 Å². The van der Waals surface area contributed by atoms with Crippen molar-refractivity contribution in [1.29, 1.82) is 0 Å². The van der Waals surface area contributed by atoms with Gasteiger partial charge in [0, 0.05) is 5.39 Å². The van der Waals surface area contributed by atoms with E-state index in [-0.39, 0.29) is 5.69 Å². The topological polar surface area (TPSA) is 75.2 Å². The van der Waals surface area contributed by atoms with Crippen LogP contribution in [0.2, 0.25) is 0 Å². The lowest BCUT2D eigenvalue weighted by molar-refractivity contribution is 0.0692. The van der Waals surface area contributed by atoms with Crippen LogP contribution in [0, 0.1) is 0 Å². The third kappa shape index (κ3) is 2.77. The smallest absolute Gasteiger partial charge is 0.357 e. The maximum Gasteiger partial charge on any atom is 0.357 e. The van der Waals surface area contributed by atoms with Gasteiger partial charge in [0.2, 0.25) is 0 Å². The molecule has 0 aliphatic carbocycles. The van der Waals surface area contributed by atoms with Crippen LogP contribution in [0.25, 0.3) is 22.0 Å². The fourth-order valence-corrected chi connectivity index (χ4v) is 2.75. The van der Waals surface area contributed by atoms with Crippen molar-refractivity contribution < 1.29 is 14.6 Å². The molecule has 2 aromatic carbocycles. The van der Waals surface area contributed by atoms with E-state index in [0.717, 1.165) is 28.8 Å². The minimum atomic E-state index is -1.03. The molecule has 0 atom stereocenters. The zero-order valence-electron chi connectivity index (χ0n) is 13.1. The van der Waals surface area contributed by atoms with Gasteiger partial charge in [0.25, 0.3) is 0 Å². The number of nitrogens with one attached hydrogen (secondary N) is 1. The van der Waals surface area contributed by atoms with E-state index in [1.165, 1.54) is 5.56 Å². The lowest BCUT2D eigenvalue weighted by Gasteiger charge is -2.11. The van der Waals surface area contributed by atoms with E-state index in [9.17, 15) is 4.79 Å². The van der Waals surface area contributed by atoms with Gasteiger partial charge < -0.3 is 9.84 Å². The molecular weight excluding hydrogens is 292 g/mol. The number of hydrogen-bond donors (Lipinski definition) is 2. The number of aryl methyl sites for hydroxylation is 1. The van der Waals surface area contributed by atoms with Crippen LogP contribution < -0.4 is 4.74 Å².